The second-order valence-corrected chi connectivity index (χ2v) is 26.5. The van der Waals surface area contributed by atoms with Crippen molar-refractivity contribution in [2.45, 2.75) is 44.4 Å². The van der Waals surface area contributed by atoms with Crippen LogP contribution in [0.5, 0.6) is 0 Å². The molecular formula is C26H29Cl3SiZr. The molecule has 0 radical (unpaired) electrons. The van der Waals surface area contributed by atoms with Gasteiger partial charge in [0, 0.05) is 0 Å². The minimum atomic E-state index is -1.93. The molecule has 31 heavy (non-hydrogen) atoms. The first-order chi connectivity index (χ1) is 13.8. The first kappa shape index (κ1) is 26.9. The van der Waals surface area contributed by atoms with Gasteiger partial charge in [0.25, 0.3) is 0 Å². The van der Waals surface area contributed by atoms with Crippen molar-refractivity contribution in [3.8, 4) is 0 Å². The van der Waals surface area contributed by atoms with E-state index in [9.17, 15) is 0 Å². The maximum atomic E-state index is 6.35. The second kappa shape index (κ2) is 10.7. The Bertz CT molecular complexity index is 1140. The maximum Gasteiger partial charge on any atom is -1.00 e. The molecule has 162 valence electrons. The molecule has 2 aromatic rings. The van der Waals surface area contributed by atoms with Crippen molar-refractivity contribution < 1.29 is 45.2 Å². The predicted molar refractivity (Wildman–Crippen MR) is 125 cm³/mol. The summed E-state index contributed by atoms with van der Waals surface area (Å²) in [6.45, 7) is 14.7. The standard InChI is InChI=1S/C15H10Cl.C9H13.C2H6Si.2ClH.Zr/c16-13-6-3-5-12(10-13)15-9-8-11-4-1-2-7-14(11)15;1-6-5-7(2)9(4)8(6)3;1-3-2;;;/h1-10H;6H,1-4H3;1-2H3;2*1H;/q;;;;;+2/p-2. The van der Waals surface area contributed by atoms with Gasteiger partial charge in [-0.1, -0.05) is 0 Å². The number of hydrogen-bond donors (Lipinski definition) is 0. The van der Waals surface area contributed by atoms with Gasteiger partial charge < -0.3 is 24.8 Å². The van der Waals surface area contributed by atoms with E-state index in [4.69, 9.17) is 11.6 Å². The molecule has 0 fully saturated rings. The van der Waals surface area contributed by atoms with Gasteiger partial charge in [-0.2, -0.15) is 0 Å². The van der Waals surface area contributed by atoms with Crippen molar-refractivity contribution >= 4 is 22.6 Å². The first-order valence-corrected chi connectivity index (χ1v) is 19.7. The Kier molecular flexibility index (Phi) is 9.28. The van der Waals surface area contributed by atoms with E-state index in [-0.39, 0.29) is 30.2 Å². The molecule has 0 nitrogen and oxygen atoms in total. The fourth-order valence-corrected chi connectivity index (χ4v) is 24.9. The van der Waals surface area contributed by atoms with E-state index in [1.807, 2.05) is 9.35 Å². The third-order valence-electron chi connectivity index (χ3n) is 6.84. The molecular weight excluding hydrogens is 538 g/mol. The minimum absolute atomic E-state index is 0. The van der Waals surface area contributed by atoms with Crippen LogP contribution >= 0.6 is 11.6 Å². The summed E-state index contributed by atoms with van der Waals surface area (Å²) >= 11 is 4.42. The van der Waals surface area contributed by atoms with Gasteiger partial charge in [0.2, 0.25) is 0 Å². The first-order valence-electron chi connectivity index (χ1n) is 10.4. The summed E-state index contributed by atoms with van der Waals surface area (Å²) in [6.07, 6.45) is 2.62. The fraction of sp³-hybridized carbons (Fsp3) is 0.308. The summed E-state index contributed by atoms with van der Waals surface area (Å²) in [5.41, 5.74) is 10.1. The normalized spacial score (nSPS) is 19.2. The van der Waals surface area contributed by atoms with E-state index in [2.05, 4.69) is 89.3 Å². The molecule has 0 spiro atoms. The van der Waals surface area contributed by atoms with Crippen molar-refractivity contribution in [3.05, 3.63) is 96.3 Å². The predicted octanol–water partition coefficient (Wildman–Crippen LogP) is 1.96. The Morgan fingerprint density at radius 2 is 1.58 bits per heavy atom. The molecule has 0 bridgehead atoms. The average molecular weight is 567 g/mol. The monoisotopic (exact) mass is 564 g/mol. The van der Waals surface area contributed by atoms with Gasteiger partial charge in [-0.15, -0.1) is 0 Å². The van der Waals surface area contributed by atoms with Crippen LogP contribution in [0.3, 0.4) is 0 Å². The molecule has 0 aromatic heterocycles. The number of hydrogen-bond acceptors (Lipinski definition) is 0. The molecule has 0 saturated carbocycles. The van der Waals surface area contributed by atoms with Gasteiger partial charge in [-0.25, -0.2) is 0 Å². The van der Waals surface area contributed by atoms with Crippen LogP contribution in [0.4, 0.5) is 0 Å². The SMILES string of the molecule is CC1=C(C)C(C)[C]([Zr+2]([CH]2C=C(c3cccc(Cl)c3)c3ccccc32)=[Si](C)C)=C1C.[Cl-].[Cl-]. The molecule has 0 N–H and O–H groups in total. The zero-order valence-electron chi connectivity index (χ0n) is 19.0. The summed E-state index contributed by atoms with van der Waals surface area (Å²) in [4.78, 5) is 0. The van der Waals surface area contributed by atoms with E-state index in [1.54, 1.807) is 22.3 Å². The summed E-state index contributed by atoms with van der Waals surface area (Å²) < 4.78 is 2.52. The molecule has 5 heteroatoms. The maximum absolute atomic E-state index is 6.35. The van der Waals surface area contributed by atoms with Crippen LogP contribution < -0.4 is 24.8 Å². The average Bonchev–Trinajstić information content (AvgIpc) is 3.16. The van der Waals surface area contributed by atoms with Gasteiger partial charge in [0.15, 0.2) is 0 Å². The number of fused-ring (bicyclic) bond motifs is 1. The molecule has 0 heterocycles. The second-order valence-electron chi connectivity index (χ2n) is 8.64. The fourth-order valence-electron chi connectivity index (χ4n) is 5.05. The molecule has 2 unspecified atom stereocenters. The molecule has 0 saturated heterocycles. The smallest absolute Gasteiger partial charge is 1.00 e. The Morgan fingerprint density at radius 3 is 2.16 bits per heavy atom. The third kappa shape index (κ3) is 4.80. The van der Waals surface area contributed by atoms with E-state index in [1.165, 1.54) is 16.7 Å². The van der Waals surface area contributed by atoms with E-state index >= 15 is 0 Å². The van der Waals surface area contributed by atoms with E-state index in [0.29, 0.717) is 9.54 Å². The molecule has 2 aliphatic rings. The van der Waals surface area contributed by atoms with Crippen LogP contribution in [-0.4, -0.2) is 5.43 Å². The van der Waals surface area contributed by atoms with Gasteiger partial charge in [0.1, 0.15) is 0 Å². The minimum Gasteiger partial charge on any atom is -1.00 e. The summed E-state index contributed by atoms with van der Waals surface area (Å²) in [5, 5.41) is 0.817. The van der Waals surface area contributed by atoms with Crippen molar-refractivity contribution in [2.24, 2.45) is 5.92 Å². The van der Waals surface area contributed by atoms with Gasteiger partial charge in [0.05, 0.1) is 0 Å². The van der Waals surface area contributed by atoms with Crippen molar-refractivity contribution in [3.63, 3.8) is 0 Å². The summed E-state index contributed by atoms with van der Waals surface area (Å²) in [5.74, 6) is 0.639. The molecule has 4 rings (SSSR count). The van der Waals surface area contributed by atoms with Crippen LogP contribution in [0.1, 0.15) is 48.0 Å². The van der Waals surface area contributed by atoms with E-state index < -0.39 is 20.4 Å². The zero-order chi connectivity index (χ0) is 20.9. The van der Waals surface area contributed by atoms with Gasteiger partial charge in [-0.3, -0.25) is 0 Å². The van der Waals surface area contributed by atoms with E-state index in [0.717, 1.165) is 5.02 Å². The third-order valence-corrected chi connectivity index (χ3v) is 25.6. The number of rotatable bonds is 3. The summed E-state index contributed by atoms with van der Waals surface area (Å²) in [7, 11) is 0. The Hall–Kier alpha value is -0.370. The van der Waals surface area contributed by atoms with Crippen LogP contribution in [-0.2, 0) is 20.4 Å². The van der Waals surface area contributed by atoms with Crippen molar-refractivity contribution in [1.82, 2.24) is 0 Å². The molecule has 0 aliphatic heterocycles. The van der Waals surface area contributed by atoms with Gasteiger partial charge in [-0.05, 0) is 0 Å². The quantitative estimate of drug-likeness (QED) is 0.499. The molecule has 2 atom stereocenters. The molecule has 2 aromatic carbocycles. The molecule has 0 amide bonds. The number of halogens is 3. The topological polar surface area (TPSA) is 0 Å². The zero-order valence-corrected chi connectivity index (χ0v) is 24.7. The van der Waals surface area contributed by atoms with Crippen LogP contribution in [0.2, 0.25) is 18.1 Å². The van der Waals surface area contributed by atoms with Crippen LogP contribution in [0.15, 0.2) is 74.6 Å². The number of benzene rings is 2. The Balaban J connectivity index is 0.00000171. The number of allylic oxidation sites excluding steroid dienone is 5. The van der Waals surface area contributed by atoms with Crippen molar-refractivity contribution in [2.75, 3.05) is 0 Å². The molecule has 2 aliphatic carbocycles. The Morgan fingerprint density at radius 1 is 0.903 bits per heavy atom. The summed E-state index contributed by atoms with van der Waals surface area (Å²) in [6, 6.07) is 17.5. The van der Waals surface area contributed by atoms with Gasteiger partial charge >= 0.3 is 190 Å². The van der Waals surface area contributed by atoms with Crippen molar-refractivity contribution in [1.29, 1.82) is 0 Å². The van der Waals surface area contributed by atoms with Crippen LogP contribution in [0, 0.1) is 5.92 Å². The Labute approximate surface area is 212 Å². The largest absolute Gasteiger partial charge is 1.00 e. The van der Waals surface area contributed by atoms with Crippen LogP contribution in [0.25, 0.3) is 5.57 Å².